The molecule has 144 valence electrons. The molecule has 0 amide bonds. The summed E-state index contributed by atoms with van der Waals surface area (Å²) in [5, 5.41) is 9.78. The number of hydrogen-bond donors (Lipinski definition) is 0. The van der Waals surface area contributed by atoms with Gasteiger partial charge in [0.2, 0.25) is 0 Å². The molecule has 0 spiro atoms. The van der Waals surface area contributed by atoms with Crippen LogP contribution < -0.4 is 5.56 Å². The van der Waals surface area contributed by atoms with Gasteiger partial charge in [0.1, 0.15) is 10.7 Å². The minimum Gasteiger partial charge on any atom is -0.384 e. The fourth-order valence-corrected chi connectivity index (χ4v) is 4.32. The molecule has 4 rings (SSSR count). The highest BCUT2D eigenvalue weighted by Gasteiger charge is 2.15. The van der Waals surface area contributed by atoms with Crippen LogP contribution in [0, 0.1) is 11.3 Å². The summed E-state index contributed by atoms with van der Waals surface area (Å²) in [5.41, 5.74) is 2.47. The van der Waals surface area contributed by atoms with Crippen LogP contribution in [0.3, 0.4) is 0 Å². The predicted molar refractivity (Wildman–Crippen MR) is 115 cm³/mol. The van der Waals surface area contributed by atoms with E-state index in [4.69, 9.17) is 15.0 Å². The lowest BCUT2D eigenvalue weighted by molar-refractivity contribution is 0.199. The van der Waals surface area contributed by atoms with Crippen LogP contribution in [0.5, 0.6) is 0 Å². The molecule has 0 saturated heterocycles. The Morgan fingerprint density at radius 1 is 1.14 bits per heavy atom. The van der Waals surface area contributed by atoms with Crippen LogP contribution in [0.1, 0.15) is 17.0 Å². The van der Waals surface area contributed by atoms with Gasteiger partial charge in [0, 0.05) is 18.4 Å². The van der Waals surface area contributed by atoms with Gasteiger partial charge >= 0.3 is 0 Å². The number of hydrogen-bond acceptors (Lipinski definition) is 5. The first-order valence-electron chi connectivity index (χ1n) is 9.26. The average molecular weight is 401 g/mol. The van der Waals surface area contributed by atoms with Crippen LogP contribution in [0.25, 0.3) is 20.7 Å². The third-order valence-electron chi connectivity index (χ3n) is 4.72. The Bertz CT molecular complexity index is 1250. The molecule has 6 heteroatoms. The van der Waals surface area contributed by atoms with Crippen molar-refractivity contribution in [3.8, 4) is 16.5 Å². The molecule has 0 bridgehead atoms. The summed E-state index contributed by atoms with van der Waals surface area (Å²) in [5.74, 6) is 0.688. The molecule has 29 heavy (non-hydrogen) atoms. The Morgan fingerprint density at radius 3 is 2.72 bits per heavy atom. The van der Waals surface area contributed by atoms with Gasteiger partial charge in [-0.1, -0.05) is 42.5 Å². The number of aromatic nitrogens is 2. The van der Waals surface area contributed by atoms with Crippen molar-refractivity contribution in [3.05, 3.63) is 88.0 Å². The maximum Gasteiger partial charge on any atom is 0.262 e. The molecule has 2 aromatic heterocycles. The molecule has 0 aliphatic heterocycles. The smallest absolute Gasteiger partial charge is 0.262 e. The SMILES string of the molecule is COCCc1nc2sc(-c3ccccc3)cc2c(=O)n1Cc1cccc(C#N)c1. The summed E-state index contributed by atoms with van der Waals surface area (Å²) < 4.78 is 6.91. The quantitative estimate of drug-likeness (QED) is 0.485. The molecular formula is C23H19N3O2S. The van der Waals surface area contributed by atoms with E-state index in [0.717, 1.165) is 20.8 Å². The largest absolute Gasteiger partial charge is 0.384 e. The Morgan fingerprint density at radius 2 is 1.97 bits per heavy atom. The molecule has 0 unspecified atom stereocenters. The van der Waals surface area contributed by atoms with Gasteiger partial charge in [-0.05, 0) is 29.3 Å². The molecule has 5 nitrogen and oxygen atoms in total. The molecular weight excluding hydrogens is 382 g/mol. The summed E-state index contributed by atoms with van der Waals surface area (Å²) in [7, 11) is 1.63. The van der Waals surface area contributed by atoms with E-state index in [1.165, 1.54) is 11.3 Å². The van der Waals surface area contributed by atoms with Gasteiger partial charge in [0.25, 0.3) is 5.56 Å². The van der Waals surface area contributed by atoms with E-state index in [-0.39, 0.29) is 5.56 Å². The minimum atomic E-state index is -0.0677. The number of nitrogens with zero attached hydrogens (tertiary/aromatic N) is 3. The molecule has 0 aliphatic rings. The van der Waals surface area contributed by atoms with Crippen LogP contribution in [0.4, 0.5) is 0 Å². The zero-order chi connectivity index (χ0) is 20.2. The standard InChI is InChI=1S/C23H19N3O2S/c1-28-11-10-21-25-22-19(13-20(29-22)18-8-3-2-4-9-18)23(27)26(21)15-17-7-5-6-16(12-17)14-24/h2-9,12-13H,10-11,15H2,1H3. The second kappa shape index (κ2) is 8.39. The van der Waals surface area contributed by atoms with Gasteiger partial charge in [-0.3, -0.25) is 9.36 Å². The predicted octanol–water partition coefficient (Wildman–Crippen LogP) is 4.23. The first-order chi connectivity index (χ1) is 14.2. The molecule has 0 saturated carbocycles. The van der Waals surface area contributed by atoms with Crippen molar-refractivity contribution in [2.24, 2.45) is 0 Å². The molecule has 0 aliphatic carbocycles. The van der Waals surface area contributed by atoms with Crippen molar-refractivity contribution in [1.82, 2.24) is 9.55 Å². The zero-order valence-corrected chi connectivity index (χ0v) is 16.8. The second-order valence-corrected chi connectivity index (χ2v) is 7.70. The van der Waals surface area contributed by atoms with Crippen molar-refractivity contribution < 1.29 is 4.74 Å². The fraction of sp³-hybridized carbons (Fsp3) is 0.174. The van der Waals surface area contributed by atoms with Crippen LogP contribution in [0.15, 0.2) is 65.5 Å². The number of thiophene rings is 1. The monoisotopic (exact) mass is 401 g/mol. The maximum absolute atomic E-state index is 13.3. The number of nitriles is 1. The van der Waals surface area contributed by atoms with Crippen molar-refractivity contribution in [3.63, 3.8) is 0 Å². The lowest BCUT2D eigenvalue weighted by Crippen LogP contribution is -2.26. The number of rotatable bonds is 6. The number of methoxy groups -OCH3 is 1. The first-order valence-corrected chi connectivity index (χ1v) is 10.1. The number of fused-ring (bicyclic) bond motifs is 1. The van der Waals surface area contributed by atoms with Crippen LogP contribution in [-0.2, 0) is 17.7 Å². The van der Waals surface area contributed by atoms with Crippen LogP contribution in [0.2, 0.25) is 0 Å². The Hall–Kier alpha value is -3.27. The molecule has 2 heterocycles. The molecule has 0 N–H and O–H groups in total. The second-order valence-electron chi connectivity index (χ2n) is 6.67. The highest BCUT2D eigenvalue weighted by atomic mass is 32.1. The summed E-state index contributed by atoms with van der Waals surface area (Å²) in [6, 6.07) is 21.4. The fourth-order valence-electron chi connectivity index (χ4n) is 3.27. The maximum atomic E-state index is 13.3. The first kappa shape index (κ1) is 19.1. The molecule has 0 atom stereocenters. The van der Waals surface area contributed by atoms with Crippen molar-refractivity contribution in [2.75, 3.05) is 13.7 Å². The van der Waals surface area contributed by atoms with E-state index in [2.05, 4.69) is 6.07 Å². The van der Waals surface area contributed by atoms with E-state index in [9.17, 15) is 4.79 Å². The van der Waals surface area contributed by atoms with E-state index < -0.39 is 0 Å². The van der Waals surface area contributed by atoms with Crippen molar-refractivity contribution in [1.29, 1.82) is 5.26 Å². The third-order valence-corrected chi connectivity index (χ3v) is 5.79. The highest BCUT2D eigenvalue weighted by molar-refractivity contribution is 7.21. The average Bonchev–Trinajstić information content (AvgIpc) is 3.20. The summed E-state index contributed by atoms with van der Waals surface area (Å²) in [4.78, 5) is 19.9. The summed E-state index contributed by atoms with van der Waals surface area (Å²) in [6.45, 7) is 0.847. The summed E-state index contributed by atoms with van der Waals surface area (Å²) >= 11 is 1.52. The third kappa shape index (κ3) is 3.97. The van der Waals surface area contributed by atoms with E-state index in [1.807, 2.05) is 48.5 Å². The molecule has 0 fully saturated rings. The topological polar surface area (TPSA) is 67.9 Å². The van der Waals surface area contributed by atoms with Crippen molar-refractivity contribution in [2.45, 2.75) is 13.0 Å². The summed E-state index contributed by atoms with van der Waals surface area (Å²) in [6.07, 6.45) is 0.540. The van der Waals surface area contributed by atoms with E-state index >= 15 is 0 Å². The lowest BCUT2D eigenvalue weighted by Gasteiger charge is -2.12. The van der Waals surface area contributed by atoms with Gasteiger partial charge in [0.15, 0.2) is 0 Å². The Balaban J connectivity index is 1.83. The Labute approximate surface area is 172 Å². The van der Waals surface area contributed by atoms with Gasteiger partial charge in [-0.15, -0.1) is 11.3 Å². The lowest BCUT2D eigenvalue weighted by atomic mass is 10.1. The Kier molecular flexibility index (Phi) is 5.52. The van der Waals surface area contributed by atoms with Gasteiger partial charge in [-0.25, -0.2) is 4.98 Å². The normalized spacial score (nSPS) is 10.9. The highest BCUT2D eigenvalue weighted by Crippen LogP contribution is 2.31. The van der Waals surface area contributed by atoms with E-state index in [0.29, 0.717) is 36.3 Å². The molecule has 2 aromatic carbocycles. The molecule has 0 radical (unpaired) electrons. The van der Waals surface area contributed by atoms with E-state index in [1.54, 1.807) is 23.8 Å². The van der Waals surface area contributed by atoms with Gasteiger partial charge < -0.3 is 4.74 Å². The minimum absolute atomic E-state index is 0.0677. The van der Waals surface area contributed by atoms with Crippen LogP contribution >= 0.6 is 11.3 Å². The number of benzene rings is 2. The van der Waals surface area contributed by atoms with Crippen molar-refractivity contribution >= 4 is 21.6 Å². The van der Waals surface area contributed by atoms with Gasteiger partial charge in [0.05, 0.1) is 30.2 Å². The number of ether oxygens (including phenoxy) is 1. The molecule has 4 aromatic rings. The van der Waals surface area contributed by atoms with Crippen LogP contribution in [-0.4, -0.2) is 23.3 Å². The zero-order valence-electron chi connectivity index (χ0n) is 16.0. The van der Waals surface area contributed by atoms with Gasteiger partial charge in [-0.2, -0.15) is 5.26 Å².